The second-order valence-electron chi connectivity index (χ2n) is 2.93. The fraction of sp³-hybridized carbons (Fsp3) is 0.300. The maximum atomic E-state index is 13.0. The zero-order valence-electron chi connectivity index (χ0n) is 8.31. The third-order valence-electron chi connectivity index (χ3n) is 1.74. The third kappa shape index (κ3) is 3.53. The van der Waals surface area contributed by atoms with Gasteiger partial charge in [-0.15, -0.1) is 0 Å². The van der Waals surface area contributed by atoms with Gasteiger partial charge in [-0.2, -0.15) is 0 Å². The number of halogens is 2. The molecule has 0 fully saturated rings. The molecule has 0 saturated heterocycles. The summed E-state index contributed by atoms with van der Waals surface area (Å²) in [5, 5.41) is 5.04. The van der Waals surface area contributed by atoms with Gasteiger partial charge in [0, 0.05) is 6.54 Å². The van der Waals surface area contributed by atoms with Gasteiger partial charge in [0.15, 0.2) is 0 Å². The van der Waals surface area contributed by atoms with E-state index in [-0.39, 0.29) is 18.1 Å². The monoisotopic (exact) mass is 214 g/mol. The van der Waals surface area contributed by atoms with Gasteiger partial charge in [0.25, 0.3) is 0 Å². The molecule has 0 unspecified atom stereocenters. The molecule has 5 heteroatoms. The molecule has 2 N–H and O–H groups in total. The Morgan fingerprint density at radius 3 is 2.80 bits per heavy atom. The lowest BCUT2D eigenvalue weighted by molar-refractivity contribution is -0.119. The number of amides is 1. The molecule has 1 aromatic rings. The Labute approximate surface area is 86.5 Å². The molecule has 0 aromatic heterocycles. The van der Waals surface area contributed by atoms with E-state index in [1.165, 1.54) is 0 Å². The molecule has 1 amide bonds. The smallest absolute Gasteiger partial charge is 0.239 e. The van der Waals surface area contributed by atoms with Crippen molar-refractivity contribution < 1.29 is 13.6 Å². The van der Waals surface area contributed by atoms with E-state index in [1.54, 1.807) is 6.92 Å². The summed E-state index contributed by atoms with van der Waals surface area (Å²) >= 11 is 0. The molecule has 0 aliphatic rings. The fourth-order valence-electron chi connectivity index (χ4n) is 1.07. The molecule has 82 valence electrons. The lowest BCUT2D eigenvalue weighted by atomic mass is 10.3. The molecule has 3 nitrogen and oxygen atoms in total. The van der Waals surface area contributed by atoms with E-state index < -0.39 is 11.6 Å². The van der Waals surface area contributed by atoms with E-state index in [1.807, 2.05) is 0 Å². The number of carbonyl (C=O) groups excluding carboxylic acids is 1. The van der Waals surface area contributed by atoms with Gasteiger partial charge in [0.1, 0.15) is 11.6 Å². The summed E-state index contributed by atoms with van der Waals surface area (Å²) in [6, 6.07) is 3.04. The first kappa shape index (κ1) is 11.4. The van der Waals surface area contributed by atoms with Crippen LogP contribution in [0.3, 0.4) is 0 Å². The van der Waals surface area contributed by atoms with E-state index >= 15 is 0 Å². The Morgan fingerprint density at radius 1 is 1.40 bits per heavy atom. The molecule has 0 aliphatic carbocycles. The van der Waals surface area contributed by atoms with Crippen molar-refractivity contribution in [1.82, 2.24) is 5.32 Å². The number of carbonyl (C=O) groups is 1. The predicted octanol–water partition coefficient (Wildman–Crippen LogP) is 1.51. The van der Waals surface area contributed by atoms with Crippen molar-refractivity contribution in [1.29, 1.82) is 0 Å². The molecule has 0 radical (unpaired) electrons. The standard InChI is InChI=1S/C10H12F2N2O/c1-2-13-10(15)6-14-9-5-7(11)3-4-8(9)12/h3-5,14H,2,6H2,1H3,(H,13,15). The Bertz CT molecular complexity index is 355. The maximum absolute atomic E-state index is 13.0. The van der Waals surface area contributed by atoms with Crippen LogP contribution in [-0.2, 0) is 4.79 Å². The summed E-state index contributed by atoms with van der Waals surface area (Å²) in [6.07, 6.45) is 0. The summed E-state index contributed by atoms with van der Waals surface area (Å²) in [5.74, 6) is -1.39. The molecule has 1 rings (SSSR count). The van der Waals surface area contributed by atoms with Crippen LogP contribution in [0.25, 0.3) is 0 Å². The normalized spacial score (nSPS) is 9.80. The fourth-order valence-corrected chi connectivity index (χ4v) is 1.07. The second-order valence-corrected chi connectivity index (χ2v) is 2.93. The van der Waals surface area contributed by atoms with Crippen molar-refractivity contribution in [2.24, 2.45) is 0 Å². The van der Waals surface area contributed by atoms with Crippen LogP contribution in [0.5, 0.6) is 0 Å². The molecule has 0 bridgehead atoms. The van der Waals surface area contributed by atoms with Crippen molar-refractivity contribution in [3.05, 3.63) is 29.8 Å². The van der Waals surface area contributed by atoms with Crippen LogP contribution < -0.4 is 10.6 Å². The minimum absolute atomic E-state index is 0.0127. The van der Waals surface area contributed by atoms with E-state index in [0.29, 0.717) is 6.54 Å². The zero-order valence-corrected chi connectivity index (χ0v) is 8.31. The van der Waals surface area contributed by atoms with Crippen LogP contribution in [0.1, 0.15) is 6.92 Å². The van der Waals surface area contributed by atoms with Gasteiger partial charge < -0.3 is 10.6 Å². The number of benzene rings is 1. The van der Waals surface area contributed by atoms with Gasteiger partial charge in [-0.1, -0.05) is 0 Å². The Hall–Kier alpha value is -1.65. The van der Waals surface area contributed by atoms with Crippen LogP contribution in [-0.4, -0.2) is 19.0 Å². The maximum Gasteiger partial charge on any atom is 0.239 e. The van der Waals surface area contributed by atoms with E-state index in [0.717, 1.165) is 18.2 Å². The highest BCUT2D eigenvalue weighted by molar-refractivity contribution is 5.80. The first-order valence-electron chi connectivity index (χ1n) is 4.59. The summed E-state index contributed by atoms with van der Waals surface area (Å²) in [7, 11) is 0. The zero-order chi connectivity index (χ0) is 11.3. The highest BCUT2D eigenvalue weighted by atomic mass is 19.1. The van der Waals surface area contributed by atoms with E-state index in [4.69, 9.17) is 0 Å². The number of likely N-dealkylation sites (N-methyl/N-ethyl adjacent to an activating group) is 1. The summed E-state index contributed by atoms with van der Waals surface area (Å²) in [4.78, 5) is 11.0. The number of hydrogen-bond acceptors (Lipinski definition) is 2. The molecule has 15 heavy (non-hydrogen) atoms. The average Bonchev–Trinajstić information content (AvgIpc) is 2.20. The summed E-state index contributed by atoms with van der Waals surface area (Å²) < 4.78 is 25.8. The van der Waals surface area contributed by atoms with Crippen LogP contribution in [0.15, 0.2) is 18.2 Å². The molecule has 0 saturated carbocycles. The molecular formula is C10H12F2N2O. The lowest BCUT2D eigenvalue weighted by Gasteiger charge is -2.07. The molecule has 0 atom stereocenters. The topological polar surface area (TPSA) is 41.1 Å². The minimum atomic E-state index is -0.583. The summed E-state index contributed by atoms with van der Waals surface area (Å²) in [6.45, 7) is 2.21. The summed E-state index contributed by atoms with van der Waals surface area (Å²) in [5.41, 5.74) is -0.0127. The van der Waals surface area contributed by atoms with Crippen molar-refractivity contribution >= 4 is 11.6 Å². The number of hydrogen-bond donors (Lipinski definition) is 2. The van der Waals surface area contributed by atoms with Crippen LogP contribution >= 0.6 is 0 Å². The van der Waals surface area contributed by atoms with Crippen molar-refractivity contribution in [2.75, 3.05) is 18.4 Å². The quantitative estimate of drug-likeness (QED) is 0.797. The molecule has 0 spiro atoms. The average molecular weight is 214 g/mol. The Balaban J connectivity index is 2.57. The highest BCUT2D eigenvalue weighted by Gasteiger charge is 2.05. The largest absolute Gasteiger partial charge is 0.374 e. The first-order valence-corrected chi connectivity index (χ1v) is 4.59. The minimum Gasteiger partial charge on any atom is -0.374 e. The molecule has 1 aromatic carbocycles. The highest BCUT2D eigenvalue weighted by Crippen LogP contribution is 2.14. The van der Waals surface area contributed by atoms with Crippen LogP contribution in [0.2, 0.25) is 0 Å². The second kappa shape index (κ2) is 5.29. The lowest BCUT2D eigenvalue weighted by Crippen LogP contribution is -2.29. The Kier molecular flexibility index (Phi) is 4.03. The van der Waals surface area contributed by atoms with E-state index in [2.05, 4.69) is 10.6 Å². The van der Waals surface area contributed by atoms with Crippen LogP contribution in [0, 0.1) is 11.6 Å². The van der Waals surface area contributed by atoms with Crippen LogP contribution in [0.4, 0.5) is 14.5 Å². The first-order chi connectivity index (χ1) is 7.13. The van der Waals surface area contributed by atoms with E-state index in [9.17, 15) is 13.6 Å². The molecule has 0 heterocycles. The number of anilines is 1. The Morgan fingerprint density at radius 2 is 2.13 bits per heavy atom. The predicted molar refractivity (Wildman–Crippen MR) is 53.5 cm³/mol. The van der Waals surface area contributed by atoms with Crippen molar-refractivity contribution in [3.63, 3.8) is 0 Å². The van der Waals surface area contributed by atoms with Gasteiger partial charge in [0.05, 0.1) is 12.2 Å². The van der Waals surface area contributed by atoms with Gasteiger partial charge in [-0.3, -0.25) is 4.79 Å². The van der Waals surface area contributed by atoms with Gasteiger partial charge in [-0.05, 0) is 25.1 Å². The van der Waals surface area contributed by atoms with Crippen molar-refractivity contribution in [2.45, 2.75) is 6.92 Å². The van der Waals surface area contributed by atoms with Gasteiger partial charge in [0.2, 0.25) is 5.91 Å². The number of nitrogens with one attached hydrogen (secondary N) is 2. The molecule has 0 aliphatic heterocycles. The van der Waals surface area contributed by atoms with Gasteiger partial charge in [-0.25, -0.2) is 8.78 Å². The number of rotatable bonds is 4. The van der Waals surface area contributed by atoms with Gasteiger partial charge >= 0.3 is 0 Å². The van der Waals surface area contributed by atoms with Crippen molar-refractivity contribution in [3.8, 4) is 0 Å². The molecular weight excluding hydrogens is 202 g/mol. The third-order valence-corrected chi connectivity index (χ3v) is 1.74. The SMILES string of the molecule is CCNC(=O)CNc1cc(F)ccc1F.